The molecule has 1 atom stereocenters. The number of hydrogen-bond acceptors (Lipinski definition) is 8. The molecule has 5 rings (SSSR count). The number of carbonyl (C=O) groups is 1. The summed E-state index contributed by atoms with van der Waals surface area (Å²) in [6, 6.07) is 14.4. The Kier molecular flexibility index (Phi) is 8.55. The van der Waals surface area contributed by atoms with Crippen LogP contribution in [0.1, 0.15) is 29.3 Å². The highest BCUT2D eigenvalue weighted by molar-refractivity contribution is 6.32. The molecule has 4 N–H and O–H groups in total. The van der Waals surface area contributed by atoms with Crippen LogP contribution in [0.2, 0.25) is 5.02 Å². The predicted molar refractivity (Wildman–Crippen MR) is 152 cm³/mol. The minimum absolute atomic E-state index is 0.0110. The van der Waals surface area contributed by atoms with Gasteiger partial charge in [-0.1, -0.05) is 23.7 Å². The van der Waals surface area contributed by atoms with Crippen LogP contribution in [0.3, 0.4) is 0 Å². The first-order chi connectivity index (χ1) is 20.2. The van der Waals surface area contributed by atoms with Crippen LogP contribution < -0.4 is 20.7 Å². The van der Waals surface area contributed by atoms with Gasteiger partial charge in [0.15, 0.2) is 0 Å². The highest BCUT2D eigenvalue weighted by Gasteiger charge is 2.30. The first kappa shape index (κ1) is 28.8. The van der Waals surface area contributed by atoms with E-state index in [4.69, 9.17) is 16.3 Å². The number of benzene rings is 2. The number of ether oxygens (including phenoxy) is 1. The van der Waals surface area contributed by atoms with Crippen molar-refractivity contribution in [2.75, 3.05) is 23.7 Å². The molecule has 1 amide bonds. The van der Waals surface area contributed by atoms with Crippen LogP contribution in [0.25, 0.3) is 6.08 Å². The Morgan fingerprint density at radius 2 is 1.95 bits per heavy atom. The molecule has 4 aromatic rings. The van der Waals surface area contributed by atoms with Crippen molar-refractivity contribution in [3.8, 4) is 11.5 Å². The topological polar surface area (TPSA) is 121 Å². The minimum atomic E-state index is -4.50. The van der Waals surface area contributed by atoms with Crippen molar-refractivity contribution in [3.05, 3.63) is 101 Å². The van der Waals surface area contributed by atoms with E-state index in [1.54, 1.807) is 42.6 Å². The monoisotopic (exact) mass is 596 g/mol. The van der Waals surface area contributed by atoms with E-state index in [1.165, 1.54) is 24.5 Å². The normalized spacial score (nSPS) is 13.6. The van der Waals surface area contributed by atoms with Gasteiger partial charge in [-0.2, -0.15) is 13.2 Å². The zero-order valence-corrected chi connectivity index (χ0v) is 22.6. The molecule has 2 aromatic heterocycles. The van der Waals surface area contributed by atoms with Gasteiger partial charge in [0.2, 0.25) is 5.91 Å². The predicted octanol–water partition coefficient (Wildman–Crippen LogP) is 6.13. The maximum absolute atomic E-state index is 13.1. The molecule has 3 heterocycles. The smallest absolute Gasteiger partial charge is 0.416 e. The third-order valence-corrected chi connectivity index (χ3v) is 6.55. The average Bonchev–Trinajstić information content (AvgIpc) is 3.21. The fourth-order valence-electron chi connectivity index (χ4n) is 4.16. The van der Waals surface area contributed by atoms with Gasteiger partial charge in [-0.05, 0) is 61.0 Å². The maximum Gasteiger partial charge on any atom is 0.416 e. The molecule has 9 nitrogen and oxygen atoms in total. The SMILES string of the molecule is O=C(NCC(O)c1ccccn1)C1=Cc2c(ncnc2Nc2ccc(Oc3cccc(C(F)(F)F)c3)c(Cl)c2)NCC1. The molecule has 2 aromatic carbocycles. The summed E-state index contributed by atoms with van der Waals surface area (Å²) in [5, 5.41) is 19.6. The summed E-state index contributed by atoms with van der Waals surface area (Å²) in [6.45, 7) is 0.427. The number of aliphatic hydroxyl groups excluding tert-OH is 1. The number of hydrogen-bond donors (Lipinski definition) is 4. The zero-order chi connectivity index (χ0) is 29.7. The highest BCUT2D eigenvalue weighted by Crippen LogP contribution is 2.36. The van der Waals surface area contributed by atoms with Gasteiger partial charge in [0.1, 0.15) is 35.6 Å². The molecule has 0 aliphatic carbocycles. The second kappa shape index (κ2) is 12.5. The van der Waals surface area contributed by atoms with Crippen LogP contribution in [0.4, 0.5) is 30.5 Å². The summed E-state index contributed by atoms with van der Waals surface area (Å²) in [5.41, 5.74) is 1.11. The molecule has 0 saturated heterocycles. The van der Waals surface area contributed by atoms with Gasteiger partial charge in [0.25, 0.3) is 0 Å². The van der Waals surface area contributed by atoms with Gasteiger partial charge in [-0.3, -0.25) is 9.78 Å². The maximum atomic E-state index is 13.1. The lowest BCUT2D eigenvalue weighted by Crippen LogP contribution is -2.30. The van der Waals surface area contributed by atoms with Crippen LogP contribution in [0, 0.1) is 0 Å². The number of rotatable bonds is 8. The van der Waals surface area contributed by atoms with Crippen LogP contribution in [0.15, 0.2) is 78.8 Å². The van der Waals surface area contributed by atoms with Crippen molar-refractivity contribution in [2.45, 2.75) is 18.7 Å². The quantitative estimate of drug-likeness (QED) is 0.192. The lowest BCUT2D eigenvalue weighted by molar-refractivity contribution is -0.137. The van der Waals surface area contributed by atoms with Gasteiger partial charge in [-0.25, -0.2) is 9.97 Å². The summed E-state index contributed by atoms with van der Waals surface area (Å²) in [7, 11) is 0. The molecular weight excluding hydrogens is 573 g/mol. The average molecular weight is 597 g/mol. The molecule has 1 aliphatic heterocycles. The Balaban J connectivity index is 1.31. The molecular formula is C29H24ClF3N6O3. The summed E-state index contributed by atoms with van der Waals surface area (Å²) in [6.07, 6.45) is -0.463. The van der Waals surface area contributed by atoms with Gasteiger partial charge in [-0.15, -0.1) is 0 Å². The van der Waals surface area contributed by atoms with Crippen LogP contribution >= 0.6 is 11.6 Å². The largest absolute Gasteiger partial charge is 0.456 e. The van der Waals surface area contributed by atoms with E-state index < -0.39 is 17.8 Å². The summed E-state index contributed by atoms with van der Waals surface area (Å²) >= 11 is 6.39. The first-order valence-corrected chi connectivity index (χ1v) is 13.1. The second-order valence-electron chi connectivity index (χ2n) is 9.21. The number of nitrogens with one attached hydrogen (secondary N) is 3. The van der Waals surface area contributed by atoms with E-state index in [-0.39, 0.29) is 29.0 Å². The molecule has 42 heavy (non-hydrogen) atoms. The van der Waals surface area contributed by atoms with E-state index in [1.807, 2.05) is 0 Å². The van der Waals surface area contributed by atoms with E-state index >= 15 is 0 Å². The van der Waals surface area contributed by atoms with E-state index in [0.29, 0.717) is 47.1 Å². The third-order valence-electron chi connectivity index (χ3n) is 6.25. The van der Waals surface area contributed by atoms with E-state index in [0.717, 1.165) is 12.1 Å². The molecule has 0 bridgehead atoms. The number of alkyl halides is 3. The second-order valence-corrected chi connectivity index (χ2v) is 9.62. The van der Waals surface area contributed by atoms with Crippen molar-refractivity contribution in [1.29, 1.82) is 0 Å². The van der Waals surface area contributed by atoms with Gasteiger partial charge < -0.3 is 25.8 Å². The number of carbonyl (C=O) groups excluding carboxylic acids is 1. The fourth-order valence-corrected chi connectivity index (χ4v) is 4.37. The van der Waals surface area contributed by atoms with Crippen LogP contribution in [0.5, 0.6) is 11.5 Å². The number of nitrogens with zero attached hydrogens (tertiary/aromatic N) is 3. The van der Waals surface area contributed by atoms with Gasteiger partial charge >= 0.3 is 6.18 Å². The van der Waals surface area contributed by atoms with Crippen molar-refractivity contribution < 1.29 is 27.8 Å². The number of aliphatic hydroxyl groups is 1. The minimum Gasteiger partial charge on any atom is -0.456 e. The molecule has 0 radical (unpaired) electrons. The molecule has 216 valence electrons. The van der Waals surface area contributed by atoms with Crippen LogP contribution in [-0.4, -0.2) is 39.1 Å². The molecule has 1 aliphatic rings. The summed E-state index contributed by atoms with van der Waals surface area (Å²) in [5.74, 6) is 0.698. The number of anilines is 3. The number of fused-ring (bicyclic) bond motifs is 1. The Hall–Kier alpha value is -4.68. The molecule has 0 spiro atoms. The molecule has 1 unspecified atom stereocenters. The van der Waals surface area contributed by atoms with Crippen molar-refractivity contribution in [3.63, 3.8) is 0 Å². The number of amides is 1. The van der Waals surface area contributed by atoms with Crippen LogP contribution in [-0.2, 0) is 11.0 Å². The highest BCUT2D eigenvalue weighted by atomic mass is 35.5. The van der Waals surface area contributed by atoms with Gasteiger partial charge in [0, 0.05) is 30.5 Å². The Bertz CT molecular complexity index is 1620. The van der Waals surface area contributed by atoms with Crippen molar-refractivity contribution >= 4 is 40.9 Å². The first-order valence-electron chi connectivity index (χ1n) is 12.8. The number of pyridine rings is 1. The Morgan fingerprint density at radius 1 is 1.10 bits per heavy atom. The fraction of sp³-hybridized carbons (Fsp3) is 0.172. The zero-order valence-electron chi connectivity index (χ0n) is 21.8. The van der Waals surface area contributed by atoms with Crippen molar-refractivity contribution in [2.24, 2.45) is 0 Å². The van der Waals surface area contributed by atoms with E-state index in [9.17, 15) is 23.1 Å². The lowest BCUT2D eigenvalue weighted by atomic mass is 10.1. The van der Waals surface area contributed by atoms with Gasteiger partial charge in [0.05, 0.1) is 21.8 Å². The lowest BCUT2D eigenvalue weighted by Gasteiger charge is -2.14. The Labute approximate surface area is 243 Å². The third kappa shape index (κ3) is 6.96. The summed E-state index contributed by atoms with van der Waals surface area (Å²) in [4.78, 5) is 25.7. The number of aromatic nitrogens is 3. The summed E-state index contributed by atoms with van der Waals surface area (Å²) < 4.78 is 44.7. The molecule has 13 heteroatoms. The number of halogens is 4. The Morgan fingerprint density at radius 3 is 2.71 bits per heavy atom. The van der Waals surface area contributed by atoms with Crippen molar-refractivity contribution in [1.82, 2.24) is 20.3 Å². The molecule has 0 saturated carbocycles. The molecule has 0 fully saturated rings. The standard InChI is InChI=1S/C29H24ClF3N6O3/c30-22-14-19(7-8-25(22)42-20-5-3-4-18(13-20)29(31,32)33)39-27-21-12-17(9-11-35-26(21)37-16-38-27)28(41)36-15-24(40)23-6-1-2-10-34-23/h1-8,10,12-14,16,24,40H,9,11,15H2,(H,36,41)(H2,35,37,38,39). The van der Waals surface area contributed by atoms with E-state index in [2.05, 4.69) is 30.9 Å².